The standard InChI is InChI=1S/C12H25NO2S/c1-5-10(7-8-14)13-12(15)11(9(3)4)16-6-2/h9-11,14H,5-8H2,1-4H3,(H,13,15). The van der Waals surface area contributed by atoms with Crippen LogP contribution >= 0.6 is 11.8 Å². The minimum Gasteiger partial charge on any atom is -0.396 e. The van der Waals surface area contributed by atoms with Crippen molar-refractivity contribution in [1.82, 2.24) is 5.32 Å². The lowest BCUT2D eigenvalue weighted by molar-refractivity contribution is -0.122. The Morgan fingerprint density at radius 1 is 1.38 bits per heavy atom. The number of amides is 1. The number of hydrogen-bond donors (Lipinski definition) is 2. The molecule has 0 heterocycles. The van der Waals surface area contributed by atoms with Crippen molar-refractivity contribution >= 4 is 17.7 Å². The Morgan fingerprint density at radius 3 is 2.38 bits per heavy atom. The Bertz CT molecular complexity index is 197. The number of rotatable bonds is 8. The van der Waals surface area contributed by atoms with Gasteiger partial charge in [-0.1, -0.05) is 27.7 Å². The van der Waals surface area contributed by atoms with Crippen molar-refractivity contribution in [3.8, 4) is 0 Å². The van der Waals surface area contributed by atoms with Gasteiger partial charge in [-0.05, 0) is 24.5 Å². The van der Waals surface area contributed by atoms with E-state index in [1.54, 1.807) is 11.8 Å². The van der Waals surface area contributed by atoms with Crippen LogP contribution in [0.15, 0.2) is 0 Å². The number of carbonyl (C=O) groups is 1. The van der Waals surface area contributed by atoms with Crippen LogP contribution in [-0.2, 0) is 4.79 Å². The first-order valence-corrected chi connectivity index (χ1v) is 7.14. The van der Waals surface area contributed by atoms with Gasteiger partial charge in [-0.2, -0.15) is 0 Å². The maximum Gasteiger partial charge on any atom is 0.233 e. The van der Waals surface area contributed by atoms with E-state index in [9.17, 15) is 4.79 Å². The molecule has 2 N–H and O–H groups in total. The number of thioether (sulfide) groups is 1. The zero-order valence-electron chi connectivity index (χ0n) is 10.8. The van der Waals surface area contributed by atoms with Gasteiger partial charge in [0.1, 0.15) is 0 Å². The summed E-state index contributed by atoms with van der Waals surface area (Å²) in [7, 11) is 0. The molecule has 0 aromatic carbocycles. The summed E-state index contributed by atoms with van der Waals surface area (Å²) in [6.45, 7) is 8.36. The second kappa shape index (κ2) is 8.88. The van der Waals surface area contributed by atoms with Crippen LogP contribution in [0.5, 0.6) is 0 Å². The third-order valence-corrected chi connectivity index (χ3v) is 3.98. The summed E-state index contributed by atoms with van der Waals surface area (Å²) >= 11 is 1.69. The van der Waals surface area contributed by atoms with E-state index in [0.717, 1.165) is 12.2 Å². The predicted octanol–water partition coefficient (Wildman–Crippen LogP) is 2.04. The summed E-state index contributed by atoms with van der Waals surface area (Å²) in [5, 5.41) is 11.9. The molecule has 0 aliphatic heterocycles. The highest BCUT2D eigenvalue weighted by Gasteiger charge is 2.23. The normalized spacial score (nSPS) is 14.9. The fourth-order valence-corrected chi connectivity index (χ4v) is 2.53. The van der Waals surface area contributed by atoms with Crippen molar-refractivity contribution in [3.63, 3.8) is 0 Å². The zero-order chi connectivity index (χ0) is 12.6. The molecule has 0 aromatic heterocycles. The molecule has 2 unspecified atom stereocenters. The van der Waals surface area contributed by atoms with Crippen LogP contribution in [0.2, 0.25) is 0 Å². The molecule has 2 atom stereocenters. The fraction of sp³-hybridized carbons (Fsp3) is 0.917. The number of aliphatic hydroxyl groups excluding tert-OH is 1. The summed E-state index contributed by atoms with van der Waals surface area (Å²) in [5.41, 5.74) is 0. The molecule has 1 amide bonds. The van der Waals surface area contributed by atoms with Gasteiger partial charge in [0.15, 0.2) is 0 Å². The molecule has 0 aromatic rings. The van der Waals surface area contributed by atoms with Crippen molar-refractivity contribution in [3.05, 3.63) is 0 Å². The van der Waals surface area contributed by atoms with Crippen LogP contribution in [0.25, 0.3) is 0 Å². The fourth-order valence-electron chi connectivity index (χ4n) is 1.57. The summed E-state index contributed by atoms with van der Waals surface area (Å²) in [4.78, 5) is 12.0. The molecule has 0 bridgehead atoms. The van der Waals surface area contributed by atoms with E-state index in [1.807, 2.05) is 6.92 Å². The average Bonchev–Trinajstić information content (AvgIpc) is 2.24. The van der Waals surface area contributed by atoms with Crippen molar-refractivity contribution in [2.24, 2.45) is 5.92 Å². The van der Waals surface area contributed by atoms with Gasteiger partial charge in [0, 0.05) is 12.6 Å². The number of carbonyl (C=O) groups excluding carboxylic acids is 1. The lowest BCUT2D eigenvalue weighted by Crippen LogP contribution is -2.42. The third-order valence-electron chi connectivity index (χ3n) is 2.53. The summed E-state index contributed by atoms with van der Waals surface area (Å²) < 4.78 is 0. The molecule has 3 nitrogen and oxygen atoms in total. The molecule has 4 heteroatoms. The van der Waals surface area contributed by atoms with Gasteiger partial charge in [-0.3, -0.25) is 4.79 Å². The lowest BCUT2D eigenvalue weighted by atomic mass is 10.1. The molecule has 96 valence electrons. The molecular formula is C12H25NO2S. The maximum atomic E-state index is 12.0. The second-order valence-corrected chi connectivity index (χ2v) is 5.66. The molecule has 16 heavy (non-hydrogen) atoms. The van der Waals surface area contributed by atoms with Gasteiger partial charge in [0.25, 0.3) is 0 Å². The van der Waals surface area contributed by atoms with Crippen LogP contribution in [0.3, 0.4) is 0 Å². The van der Waals surface area contributed by atoms with Crippen LogP contribution < -0.4 is 5.32 Å². The quantitative estimate of drug-likeness (QED) is 0.690. The minimum absolute atomic E-state index is 0.0257. The van der Waals surface area contributed by atoms with Gasteiger partial charge in [-0.25, -0.2) is 0 Å². The lowest BCUT2D eigenvalue weighted by Gasteiger charge is -2.23. The molecular weight excluding hydrogens is 222 g/mol. The topological polar surface area (TPSA) is 49.3 Å². The SMILES string of the molecule is CCSC(C(=O)NC(CC)CCO)C(C)C. The van der Waals surface area contributed by atoms with Crippen LogP contribution in [0, 0.1) is 5.92 Å². The Morgan fingerprint density at radius 2 is 2.00 bits per heavy atom. The Kier molecular flexibility index (Phi) is 8.76. The molecule has 0 aliphatic rings. The van der Waals surface area contributed by atoms with E-state index in [4.69, 9.17) is 5.11 Å². The van der Waals surface area contributed by atoms with Crippen LogP contribution in [0.1, 0.15) is 40.5 Å². The van der Waals surface area contributed by atoms with E-state index < -0.39 is 0 Å². The highest BCUT2D eigenvalue weighted by molar-refractivity contribution is 8.00. The predicted molar refractivity (Wildman–Crippen MR) is 70.7 cm³/mol. The zero-order valence-corrected chi connectivity index (χ0v) is 11.6. The number of hydrogen-bond acceptors (Lipinski definition) is 3. The molecule has 0 saturated carbocycles. The Labute approximate surface area is 103 Å². The highest BCUT2D eigenvalue weighted by Crippen LogP contribution is 2.19. The van der Waals surface area contributed by atoms with E-state index >= 15 is 0 Å². The third kappa shape index (κ3) is 5.75. The first kappa shape index (κ1) is 15.8. The van der Waals surface area contributed by atoms with Gasteiger partial charge < -0.3 is 10.4 Å². The molecule has 0 fully saturated rings. The van der Waals surface area contributed by atoms with E-state index in [-0.39, 0.29) is 23.8 Å². The average molecular weight is 247 g/mol. The van der Waals surface area contributed by atoms with Gasteiger partial charge in [0.05, 0.1) is 5.25 Å². The maximum absolute atomic E-state index is 12.0. The first-order valence-electron chi connectivity index (χ1n) is 6.09. The number of nitrogens with one attached hydrogen (secondary N) is 1. The Balaban J connectivity index is 4.27. The molecule has 0 aliphatic carbocycles. The van der Waals surface area contributed by atoms with Crippen molar-refractivity contribution in [2.75, 3.05) is 12.4 Å². The van der Waals surface area contributed by atoms with Gasteiger partial charge in [-0.15, -0.1) is 11.8 Å². The van der Waals surface area contributed by atoms with E-state index in [0.29, 0.717) is 12.3 Å². The van der Waals surface area contributed by atoms with Crippen molar-refractivity contribution < 1.29 is 9.90 Å². The summed E-state index contributed by atoms with van der Waals surface area (Å²) in [5.74, 6) is 1.41. The van der Waals surface area contributed by atoms with Gasteiger partial charge in [0.2, 0.25) is 5.91 Å². The number of aliphatic hydroxyl groups is 1. The first-order chi connectivity index (χ1) is 7.56. The molecule has 0 spiro atoms. The van der Waals surface area contributed by atoms with Crippen molar-refractivity contribution in [1.29, 1.82) is 0 Å². The minimum atomic E-state index is 0.0257. The monoisotopic (exact) mass is 247 g/mol. The highest BCUT2D eigenvalue weighted by atomic mass is 32.2. The summed E-state index contributed by atoms with van der Waals surface area (Å²) in [6, 6.07) is 0.108. The second-order valence-electron chi connectivity index (χ2n) is 4.25. The van der Waals surface area contributed by atoms with Crippen molar-refractivity contribution in [2.45, 2.75) is 51.8 Å². The Hall–Kier alpha value is -0.220. The van der Waals surface area contributed by atoms with E-state index in [1.165, 1.54) is 0 Å². The smallest absolute Gasteiger partial charge is 0.233 e. The summed E-state index contributed by atoms with van der Waals surface area (Å²) in [6.07, 6.45) is 1.51. The van der Waals surface area contributed by atoms with E-state index in [2.05, 4.69) is 26.1 Å². The molecule has 0 radical (unpaired) electrons. The molecule has 0 rings (SSSR count). The van der Waals surface area contributed by atoms with Crippen LogP contribution in [0.4, 0.5) is 0 Å². The molecule has 0 saturated heterocycles. The van der Waals surface area contributed by atoms with Crippen LogP contribution in [-0.4, -0.2) is 34.7 Å². The largest absolute Gasteiger partial charge is 0.396 e. The van der Waals surface area contributed by atoms with Gasteiger partial charge >= 0.3 is 0 Å².